The van der Waals surface area contributed by atoms with E-state index in [4.69, 9.17) is 28.9 Å². The number of nitrogens with zero attached hydrogens (tertiary/aromatic N) is 1. The maximum atomic E-state index is 10.2. The lowest BCUT2D eigenvalue weighted by Gasteiger charge is -2.09. The molecule has 0 aliphatic rings. The minimum atomic E-state index is -0.726. The van der Waals surface area contributed by atoms with Crippen molar-refractivity contribution in [3.8, 4) is 0 Å². The van der Waals surface area contributed by atoms with E-state index in [1.165, 1.54) is 0 Å². The molecule has 0 spiro atoms. The third kappa shape index (κ3) is 3.66. The molecule has 0 aliphatic carbocycles. The van der Waals surface area contributed by atoms with Gasteiger partial charge in [-0.2, -0.15) is 0 Å². The molecule has 1 rings (SSSR count). The smallest absolute Gasteiger partial charge is 0.222 e. The van der Waals surface area contributed by atoms with Crippen LogP contribution < -0.4 is 5.73 Å². The molecule has 0 saturated heterocycles. The number of halogens is 2. The van der Waals surface area contributed by atoms with Gasteiger partial charge in [-0.25, -0.2) is 0 Å². The number of hydrogen-bond donors (Lipinski definition) is 1. The third-order valence-corrected chi connectivity index (χ3v) is 2.56. The molecule has 4 nitrogen and oxygen atoms in total. The Morgan fingerprint density at radius 1 is 1.47 bits per heavy atom. The van der Waals surface area contributed by atoms with E-state index >= 15 is 0 Å². The van der Waals surface area contributed by atoms with Gasteiger partial charge in [0, 0.05) is 4.92 Å². The number of benzene rings is 1. The Morgan fingerprint density at radius 3 is 2.60 bits per heavy atom. The SMILES string of the molecule is C.NC(C[N+](=O)[O-])c1cccc(Cl)c1Cl. The summed E-state index contributed by atoms with van der Waals surface area (Å²) in [7, 11) is 0. The van der Waals surface area contributed by atoms with E-state index in [0.717, 1.165) is 0 Å². The fraction of sp³-hybridized carbons (Fsp3) is 0.333. The topological polar surface area (TPSA) is 69.2 Å². The molecule has 0 bridgehead atoms. The second kappa shape index (κ2) is 5.90. The highest BCUT2D eigenvalue weighted by molar-refractivity contribution is 6.42. The lowest BCUT2D eigenvalue weighted by atomic mass is 10.1. The summed E-state index contributed by atoms with van der Waals surface area (Å²) in [4.78, 5) is 9.74. The fourth-order valence-electron chi connectivity index (χ4n) is 1.07. The standard InChI is InChI=1S/C8H8Cl2N2O2.CH4/c9-6-3-1-2-5(8(6)10)7(11)4-12(13)14;/h1-3,7H,4,11H2;1H4. The Kier molecular flexibility index (Phi) is 5.57. The molecule has 0 aromatic heterocycles. The van der Waals surface area contributed by atoms with Crippen LogP contribution >= 0.6 is 23.2 Å². The summed E-state index contributed by atoms with van der Waals surface area (Å²) in [6.45, 7) is -0.361. The first-order valence-corrected chi connectivity index (χ1v) is 4.59. The first kappa shape index (κ1) is 14.2. The summed E-state index contributed by atoms with van der Waals surface area (Å²) >= 11 is 11.6. The molecule has 0 heterocycles. The van der Waals surface area contributed by atoms with Crippen molar-refractivity contribution in [2.75, 3.05) is 6.54 Å². The highest BCUT2D eigenvalue weighted by Crippen LogP contribution is 2.28. The van der Waals surface area contributed by atoms with Crippen LogP contribution in [0.1, 0.15) is 19.0 Å². The summed E-state index contributed by atoms with van der Waals surface area (Å²) in [5.74, 6) is 0. The maximum absolute atomic E-state index is 10.2. The summed E-state index contributed by atoms with van der Waals surface area (Å²) < 4.78 is 0. The molecule has 1 aromatic rings. The van der Waals surface area contributed by atoms with E-state index in [-0.39, 0.29) is 19.0 Å². The Morgan fingerprint density at radius 2 is 2.07 bits per heavy atom. The van der Waals surface area contributed by atoms with Crippen LogP contribution in [0.15, 0.2) is 18.2 Å². The van der Waals surface area contributed by atoms with Gasteiger partial charge in [0.05, 0.1) is 16.1 Å². The van der Waals surface area contributed by atoms with Gasteiger partial charge in [-0.3, -0.25) is 10.1 Å². The minimum Gasteiger partial charge on any atom is -0.319 e. The van der Waals surface area contributed by atoms with Crippen molar-refractivity contribution in [2.45, 2.75) is 13.5 Å². The summed E-state index contributed by atoms with van der Waals surface area (Å²) in [5, 5.41) is 10.9. The Labute approximate surface area is 98.1 Å². The number of nitro groups is 1. The maximum Gasteiger partial charge on any atom is 0.222 e. The van der Waals surface area contributed by atoms with Crippen LogP contribution in [0.5, 0.6) is 0 Å². The quantitative estimate of drug-likeness (QED) is 0.663. The molecular formula is C9H12Cl2N2O2. The van der Waals surface area contributed by atoms with E-state index in [1.807, 2.05) is 0 Å². The van der Waals surface area contributed by atoms with Crippen LogP contribution in [0.4, 0.5) is 0 Å². The van der Waals surface area contributed by atoms with E-state index in [9.17, 15) is 10.1 Å². The van der Waals surface area contributed by atoms with E-state index in [0.29, 0.717) is 10.6 Å². The summed E-state index contributed by atoms with van der Waals surface area (Å²) in [6.07, 6.45) is 0. The van der Waals surface area contributed by atoms with Crippen LogP contribution in [0.25, 0.3) is 0 Å². The Bertz CT molecular complexity index is 358. The van der Waals surface area contributed by atoms with Crippen LogP contribution in [0, 0.1) is 10.1 Å². The fourth-order valence-corrected chi connectivity index (χ4v) is 1.51. The normalized spacial score (nSPS) is 11.7. The van der Waals surface area contributed by atoms with Crippen LogP contribution in [0.3, 0.4) is 0 Å². The van der Waals surface area contributed by atoms with Crippen LogP contribution in [0.2, 0.25) is 10.0 Å². The molecule has 0 fully saturated rings. The summed E-state index contributed by atoms with van der Waals surface area (Å²) in [5.41, 5.74) is 6.08. The molecule has 1 aromatic carbocycles. The van der Waals surface area contributed by atoms with Gasteiger partial charge in [-0.15, -0.1) is 0 Å². The average molecular weight is 251 g/mol. The average Bonchev–Trinajstić information content (AvgIpc) is 2.08. The van der Waals surface area contributed by atoms with Crippen molar-refractivity contribution in [1.82, 2.24) is 0 Å². The van der Waals surface area contributed by atoms with E-state index < -0.39 is 11.0 Å². The molecule has 15 heavy (non-hydrogen) atoms. The van der Waals surface area contributed by atoms with Crippen LogP contribution in [-0.4, -0.2) is 11.5 Å². The lowest BCUT2D eigenvalue weighted by Crippen LogP contribution is -2.20. The van der Waals surface area contributed by atoms with E-state index in [1.54, 1.807) is 18.2 Å². The van der Waals surface area contributed by atoms with Crippen molar-refractivity contribution < 1.29 is 4.92 Å². The Balaban J connectivity index is 0.00000196. The highest BCUT2D eigenvalue weighted by Gasteiger charge is 2.16. The van der Waals surface area contributed by atoms with Crippen molar-refractivity contribution in [3.63, 3.8) is 0 Å². The lowest BCUT2D eigenvalue weighted by molar-refractivity contribution is -0.483. The second-order valence-electron chi connectivity index (χ2n) is 2.76. The molecule has 1 atom stereocenters. The predicted molar refractivity (Wildman–Crippen MR) is 62.0 cm³/mol. The first-order valence-electron chi connectivity index (χ1n) is 3.83. The molecule has 0 aliphatic heterocycles. The van der Waals surface area contributed by atoms with Gasteiger partial charge < -0.3 is 5.73 Å². The van der Waals surface area contributed by atoms with Crippen LogP contribution in [-0.2, 0) is 0 Å². The largest absolute Gasteiger partial charge is 0.319 e. The predicted octanol–water partition coefficient (Wildman–Crippen LogP) is 2.91. The molecule has 1 unspecified atom stereocenters. The summed E-state index contributed by atoms with van der Waals surface area (Å²) in [6, 6.07) is 4.16. The first-order chi connectivity index (χ1) is 6.52. The monoisotopic (exact) mass is 250 g/mol. The molecule has 84 valence electrons. The van der Waals surface area contributed by atoms with E-state index in [2.05, 4.69) is 0 Å². The minimum absolute atomic E-state index is 0. The molecule has 6 heteroatoms. The zero-order chi connectivity index (χ0) is 10.7. The van der Waals surface area contributed by atoms with Gasteiger partial charge in [0.25, 0.3) is 0 Å². The molecule has 2 N–H and O–H groups in total. The van der Waals surface area contributed by atoms with Gasteiger partial charge in [0.1, 0.15) is 0 Å². The van der Waals surface area contributed by atoms with Crippen molar-refractivity contribution in [3.05, 3.63) is 43.9 Å². The molecule has 0 radical (unpaired) electrons. The number of hydrogen-bond acceptors (Lipinski definition) is 3. The highest BCUT2D eigenvalue weighted by atomic mass is 35.5. The molecule has 0 amide bonds. The van der Waals surface area contributed by atoms with Gasteiger partial charge >= 0.3 is 0 Å². The number of nitrogens with two attached hydrogens (primary N) is 1. The third-order valence-electron chi connectivity index (χ3n) is 1.73. The Hall–Kier alpha value is -0.840. The second-order valence-corrected chi connectivity index (χ2v) is 3.55. The molecule has 0 saturated carbocycles. The van der Waals surface area contributed by atoms with Crippen molar-refractivity contribution >= 4 is 23.2 Å². The molecular weight excluding hydrogens is 239 g/mol. The van der Waals surface area contributed by atoms with Gasteiger partial charge in [-0.1, -0.05) is 42.8 Å². The van der Waals surface area contributed by atoms with Crippen molar-refractivity contribution in [2.24, 2.45) is 5.73 Å². The van der Waals surface area contributed by atoms with Gasteiger partial charge in [0.2, 0.25) is 6.54 Å². The van der Waals surface area contributed by atoms with Gasteiger partial charge in [0.15, 0.2) is 0 Å². The van der Waals surface area contributed by atoms with Crippen molar-refractivity contribution in [1.29, 1.82) is 0 Å². The number of rotatable bonds is 3. The zero-order valence-corrected chi connectivity index (χ0v) is 8.63. The zero-order valence-electron chi connectivity index (χ0n) is 7.11. The van der Waals surface area contributed by atoms with Gasteiger partial charge in [-0.05, 0) is 11.6 Å².